The first-order valence-electron chi connectivity index (χ1n) is 5.10. The zero-order chi connectivity index (χ0) is 11.3. The van der Waals surface area contributed by atoms with Crippen LogP contribution in [0.4, 0.5) is 0 Å². The lowest BCUT2D eigenvalue weighted by Crippen LogP contribution is -2.28. The van der Waals surface area contributed by atoms with Gasteiger partial charge in [-0.25, -0.2) is 13.1 Å². The van der Waals surface area contributed by atoms with E-state index in [-0.39, 0.29) is 11.8 Å². The molecule has 0 heterocycles. The molecule has 1 rings (SSSR count). The molecule has 0 aliphatic carbocycles. The summed E-state index contributed by atoms with van der Waals surface area (Å²) in [6.45, 7) is 3.70. The van der Waals surface area contributed by atoms with Crippen molar-refractivity contribution >= 4 is 10.0 Å². The Morgan fingerprint density at radius 1 is 1.27 bits per heavy atom. The summed E-state index contributed by atoms with van der Waals surface area (Å²) in [5.74, 6) is 0.185. The van der Waals surface area contributed by atoms with Crippen molar-refractivity contribution in [3.8, 4) is 0 Å². The van der Waals surface area contributed by atoms with Gasteiger partial charge < -0.3 is 0 Å². The van der Waals surface area contributed by atoms with Crippen molar-refractivity contribution in [2.24, 2.45) is 0 Å². The Morgan fingerprint density at radius 2 is 1.87 bits per heavy atom. The van der Waals surface area contributed by atoms with Crippen LogP contribution in [0.15, 0.2) is 30.3 Å². The van der Waals surface area contributed by atoms with Gasteiger partial charge in [0.1, 0.15) is 0 Å². The van der Waals surface area contributed by atoms with Gasteiger partial charge in [0.15, 0.2) is 0 Å². The first-order chi connectivity index (χ1) is 7.05. The van der Waals surface area contributed by atoms with Crippen LogP contribution in [-0.4, -0.2) is 14.2 Å². The number of hydrogen-bond acceptors (Lipinski definition) is 2. The molecule has 4 heteroatoms. The zero-order valence-corrected chi connectivity index (χ0v) is 9.92. The van der Waals surface area contributed by atoms with Crippen LogP contribution in [0.1, 0.15) is 31.9 Å². The van der Waals surface area contributed by atoms with Gasteiger partial charge in [-0.15, -0.1) is 0 Å². The third kappa shape index (κ3) is 4.01. The molecular weight excluding hydrogens is 210 g/mol. The van der Waals surface area contributed by atoms with Gasteiger partial charge in [-0.3, -0.25) is 0 Å². The van der Waals surface area contributed by atoms with Crippen LogP contribution in [0, 0.1) is 0 Å². The van der Waals surface area contributed by atoms with Crippen molar-refractivity contribution in [3.05, 3.63) is 35.9 Å². The van der Waals surface area contributed by atoms with Crippen LogP contribution in [-0.2, 0) is 10.0 Å². The van der Waals surface area contributed by atoms with Gasteiger partial charge >= 0.3 is 0 Å². The SMILES string of the molecule is CCCS(=O)(=O)N[C@H](C)c1ccccc1. The second-order valence-corrected chi connectivity index (χ2v) is 5.44. The second kappa shape index (κ2) is 5.28. The minimum absolute atomic E-state index is 0.164. The van der Waals surface area contributed by atoms with E-state index in [0.29, 0.717) is 6.42 Å². The molecule has 1 atom stereocenters. The van der Waals surface area contributed by atoms with Crippen LogP contribution in [0.3, 0.4) is 0 Å². The molecule has 0 spiro atoms. The maximum absolute atomic E-state index is 11.5. The molecule has 0 bridgehead atoms. The lowest BCUT2D eigenvalue weighted by atomic mass is 10.1. The van der Waals surface area contributed by atoms with Crippen LogP contribution >= 0.6 is 0 Å². The summed E-state index contributed by atoms with van der Waals surface area (Å²) >= 11 is 0. The van der Waals surface area contributed by atoms with Gasteiger partial charge in [0.25, 0.3) is 0 Å². The van der Waals surface area contributed by atoms with Crippen molar-refractivity contribution < 1.29 is 8.42 Å². The Labute approximate surface area is 91.6 Å². The van der Waals surface area contributed by atoms with E-state index in [0.717, 1.165) is 5.56 Å². The molecule has 0 fully saturated rings. The zero-order valence-electron chi connectivity index (χ0n) is 9.10. The monoisotopic (exact) mass is 227 g/mol. The fraction of sp³-hybridized carbons (Fsp3) is 0.455. The molecule has 3 nitrogen and oxygen atoms in total. The van der Waals surface area contributed by atoms with Gasteiger partial charge in [-0.2, -0.15) is 0 Å². The average Bonchev–Trinajstić information content (AvgIpc) is 2.18. The van der Waals surface area contributed by atoms with E-state index in [1.807, 2.05) is 44.2 Å². The molecule has 0 radical (unpaired) electrons. The van der Waals surface area contributed by atoms with Crippen molar-refractivity contribution in [3.63, 3.8) is 0 Å². The molecule has 0 aliphatic rings. The molecule has 1 aromatic rings. The van der Waals surface area contributed by atoms with Crippen LogP contribution in [0.2, 0.25) is 0 Å². The largest absolute Gasteiger partial charge is 0.212 e. The topological polar surface area (TPSA) is 46.2 Å². The smallest absolute Gasteiger partial charge is 0.212 e. The van der Waals surface area contributed by atoms with Crippen molar-refractivity contribution in [2.75, 3.05) is 5.75 Å². The minimum Gasteiger partial charge on any atom is -0.212 e. The van der Waals surface area contributed by atoms with E-state index >= 15 is 0 Å². The highest BCUT2D eigenvalue weighted by atomic mass is 32.2. The fourth-order valence-electron chi connectivity index (χ4n) is 1.41. The summed E-state index contributed by atoms with van der Waals surface area (Å²) in [5, 5.41) is 0. The summed E-state index contributed by atoms with van der Waals surface area (Å²) in [4.78, 5) is 0. The van der Waals surface area contributed by atoms with Gasteiger partial charge in [0.05, 0.1) is 5.75 Å². The number of benzene rings is 1. The molecule has 0 saturated carbocycles. The van der Waals surface area contributed by atoms with E-state index in [1.165, 1.54) is 0 Å². The van der Waals surface area contributed by atoms with Crippen LogP contribution in [0.25, 0.3) is 0 Å². The normalized spacial score (nSPS) is 13.7. The summed E-state index contributed by atoms with van der Waals surface area (Å²) < 4.78 is 25.7. The number of sulfonamides is 1. The first kappa shape index (κ1) is 12.2. The fourth-order valence-corrected chi connectivity index (χ4v) is 2.74. The lowest BCUT2D eigenvalue weighted by Gasteiger charge is -2.13. The molecule has 0 aromatic heterocycles. The number of hydrogen-bond donors (Lipinski definition) is 1. The lowest BCUT2D eigenvalue weighted by molar-refractivity contribution is 0.565. The van der Waals surface area contributed by atoms with Crippen LogP contribution < -0.4 is 4.72 Å². The summed E-state index contributed by atoms with van der Waals surface area (Å²) in [6, 6.07) is 9.39. The first-order valence-corrected chi connectivity index (χ1v) is 6.75. The molecule has 15 heavy (non-hydrogen) atoms. The maximum atomic E-state index is 11.5. The predicted molar refractivity (Wildman–Crippen MR) is 62.1 cm³/mol. The highest BCUT2D eigenvalue weighted by molar-refractivity contribution is 7.89. The number of rotatable bonds is 5. The van der Waals surface area contributed by atoms with E-state index in [4.69, 9.17) is 0 Å². The molecule has 0 amide bonds. The van der Waals surface area contributed by atoms with Crippen molar-refractivity contribution in [1.82, 2.24) is 4.72 Å². The quantitative estimate of drug-likeness (QED) is 0.837. The molecule has 0 saturated heterocycles. The highest BCUT2D eigenvalue weighted by Crippen LogP contribution is 2.12. The van der Waals surface area contributed by atoms with E-state index in [1.54, 1.807) is 0 Å². The Bertz CT molecular complexity index is 386. The van der Waals surface area contributed by atoms with E-state index in [2.05, 4.69) is 4.72 Å². The molecule has 1 aromatic carbocycles. The third-order valence-corrected chi connectivity index (χ3v) is 3.79. The molecule has 0 unspecified atom stereocenters. The summed E-state index contributed by atoms with van der Waals surface area (Å²) in [6.07, 6.45) is 0.636. The molecule has 1 N–H and O–H groups in total. The molecule has 0 aliphatic heterocycles. The van der Waals surface area contributed by atoms with Crippen LogP contribution in [0.5, 0.6) is 0 Å². The minimum atomic E-state index is -3.13. The predicted octanol–water partition coefficient (Wildman–Crippen LogP) is 2.08. The Hall–Kier alpha value is -0.870. The van der Waals surface area contributed by atoms with Gasteiger partial charge in [-0.1, -0.05) is 37.3 Å². The van der Waals surface area contributed by atoms with Gasteiger partial charge in [-0.05, 0) is 18.9 Å². The van der Waals surface area contributed by atoms with Gasteiger partial charge in [0.2, 0.25) is 10.0 Å². The number of nitrogens with one attached hydrogen (secondary N) is 1. The van der Waals surface area contributed by atoms with Crippen molar-refractivity contribution in [2.45, 2.75) is 26.3 Å². The third-order valence-electron chi connectivity index (χ3n) is 2.13. The molecule has 84 valence electrons. The van der Waals surface area contributed by atoms with Crippen molar-refractivity contribution in [1.29, 1.82) is 0 Å². The Morgan fingerprint density at radius 3 is 2.40 bits per heavy atom. The van der Waals surface area contributed by atoms with E-state index in [9.17, 15) is 8.42 Å². The second-order valence-electron chi connectivity index (χ2n) is 3.57. The Kier molecular flexibility index (Phi) is 4.29. The summed E-state index contributed by atoms with van der Waals surface area (Å²) in [7, 11) is -3.13. The molecular formula is C11H17NO2S. The highest BCUT2D eigenvalue weighted by Gasteiger charge is 2.13. The standard InChI is InChI=1S/C11H17NO2S/c1-3-9-15(13,14)12-10(2)11-7-5-4-6-8-11/h4-8,10,12H,3,9H2,1-2H3/t10-/m1/s1. The Balaban J connectivity index is 2.68. The maximum Gasteiger partial charge on any atom is 0.212 e. The average molecular weight is 227 g/mol. The summed E-state index contributed by atoms with van der Waals surface area (Å²) in [5.41, 5.74) is 0.983. The van der Waals surface area contributed by atoms with E-state index < -0.39 is 10.0 Å². The van der Waals surface area contributed by atoms with Gasteiger partial charge in [0, 0.05) is 6.04 Å².